The van der Waals surface area contributed by atoms with Crippen LogP contribution in [0.5, 0.6) is 11.5 Å². The van der Waals surface area contributed by atoms with E-state index in [9.17, 15) is 13.6 Å². The molecule has 1 aromatic heterocycles. The number of carbonyl (C=O) groups excluding carboxylic acids is 1. The number of amides is 1. The molecule has 1 heterocycles. The topological polar surface area (TPSA) is 51.7 Å². The van der Waals surface area contributed by atoms with Crippen molar-refractivity contribution in [1.29, 1.82) is 0 Å². The second-order valence-corrected chi connectivity index (χ2v) is 7.38. The van der Waals surface area contributed by atoms with Gasteiger partial charge in [-0.1, -0.05) is 24.3 Å². The lowest BCUT2D eigenvalue weighted by Gasteiger charge is -2.17. The second-order valence-electron chi connectivity index (χ2n) is 6.52. The molecule has 0 N–H and O–H groups in total. The van der Waals surface area contributed by atoms with Gasteiger partial charge in [-0.15, -0.1) is 11.3 Å². The molecule has 3 aromatic rings. The lowest BCUT2D eigenvalue weighted by atomic mass is 10.2. The number of aromatic nitrogens is 1. The van der Waals surface area contributed by atoms with Gasteiger partial charge in [-0.2, -0.15) is 8.78 Å². The molecular formula is C22H22F2N2O3S. The molecule has 1 amide bonds. The van der Waals surface area contributed by atoms with Crippen LogP contribution in [0.2, 0.25) is 0 Å². The Bertz CT molecular complexity index is 977. The van der Waals surface area contributed by atoms with Crippen LogP contribution >= 0.6 is 11.3 Å². The molecule has 0 aliphatic carbocycles. The zero-order valence-corrected chi connectivity index (χ0v) is 17.5. The maximum atomic E-state index is 12.6. The average Bonchev–Trinajstić information content (AvgIpc) is 3.18. The Kier molecular flexibility index (Phi) is 7.35. The van der Waals surface area contributed by atoms with Crippen molar-refractivity contribution < 1.29 is 23.0 Å². The number of hydrogen-bond donors (Lipinski definition) is 0. The maximum Gasteiger partial charge on any atom is 0.387 e. The highest BCUT2D eigenvalue weighted by molar-refractivity contribution is 7.13. The summed E-state index contributed by atoms with van der Waals surface area (Å²) in [6.45, 7) is -0.00691. The average molecular weight is 432 g/mol. The number of nitrogens with zero attached hydrogens (tertiary/aromatic N) is 2. The fraction of sp³-hybridized carbons (Fsp3) is 0.273. The molecule has 0 saturated heterocycles. The van der Waals surface area contributed by atoms with Crippen LogP contribution in [0, 0.1) is 0 Å². The van der Waals surface area contributed by atoms with E-state index in [1.165, 1.54) is 23.5 Å². The molecule has 0 aliphatic rings. The molecule has 0 atom stereocenters. The third-order valence-electron chi connectivity index (χ3n) is 4.30. The molecule has 158 valence electrons. The van der Waals surface area contributed by atoms with Crippen molar-refractivity contribution in [1.82, 2.24) is 9.88 Å². The second kappa shape index (κ2) is 10.2. The Morgan fingerprint density at radius 1 is 1.17 bits per heavy atom. The van der Waals surface area contributed by atoms with E-state index in [2.05, 4.69) is 9.72 Å². The van der Waals surface area contributed by atoms with Gasteiger partial charge in [0.1, 0.15) is 16.5 Å². The summed E-state index contributed by atoms with van der Waals surface area (Å²) in [5.41, 5.74) is 2.42. The number of halogens is 2. The fourth-order valence-corrected chi connectivity index (χ4v) is 3.71. The summed E-state index contributed by atoms with van der Waals surface area (Å²) in [5.74, 6) is 0.770. The van der Waals surface area contributed by atoms with Crippen molar-refractivity contribution >= 4 is 17.2 Å². The molecular weight excluding hydrogens is 410 g/mol. The summed E-state index contributed by atoms with van der Waals surface area (Å²) in [4.78, 5) is 18.8. The molecule has 0 unspecified atom stereocenters. The van der Waals surface area contributed by atoms with Crippen LogP contribution < -0.4 is 9.47 Å². The van der Waals surface area contributed by atoms with Crippen molar-refractivity contribution in [3.63, 3.8) is 0 Å². The zero-order valence-electron chi connectivity index (χ0n) is 16.7. The molecule has 30 heavy (non-hydrogen) atoms. The first kappa shape index (κ1) is 21.7. The fourth-order valence-electron chi connectivity index (χ4n) is 2.86. The molecule has 5 nitrogen and oxygen atoms in total. The van der Waals surface area contributed by atoms with E-state index in [0.29, 0.717) is 18.8 Å². The monoisotopic (exact) mass is 432 g/mol. The summed E-state index contributed by atoms with van der Waals surface area (Å²) in [7, 11) is 1.70. The van der Waals surface area contributed by atoms with Crippen molar-refractivity contribution in [3.05, 3.63) is 65.2 Å². The molecule has 0 saturated carbocycles. The molecule has 3 rings (SSSR count). The Hall–Kier alpha value is -3.00. The lowest BCUT2D eigenvalue weighted by Crippen LogP contribution is -2.27. The first-order chi connectivity index (χ1) is 14.5. The first-order valence-electron chi connectivity index (χ1n) is 9.40. The number of ether oxygens (including phenoxy) is 2. The highest BCUT2D eigenvalue weighted by atomic mass is 32.1. The van der Waals surface area contributed by atoms with E-state index in [4.69, 9.17) is 4.74 Å². The molecule has 0 fully saturated rings. The largest absolute Gasteiger partial charge is 0.493 e. The summed E-state index contributed by atoms with van der Waals surface area (Å²) >= 11 is 1.47. The predicted octanol–water partition coefficient (Wildman–Crippen LogP) is 5.01. The smallest absolute Gasteiger partial charge is 0.387 e. The van der Waals surface area contributed by atoms with Crippen LogP contribution in [-0.2, 0) is 17.8 Å². The Labute approximate surface area is 177 Å². The molecule has 0 bridgehead atoms. The SMILES string of the molecule is CCOc1ccccc1-c1nc(CC(=O)N(C)Cc2ccc(OC(F)F)cc2)cs1. The maximum absolute atomic E-state index is 12.6. The molecule has 8 heteroatoms. The van der Waals surface area contributed by atoms with Crippen molar-refractivity contribution in [2.24, 2.45) is 0 Å². The highest BCUT2D eigenvalue weighted by Crippen LogP contribution is 2.32. The van der Waals surface area contributed by atoms with Gasteiger partial charge in [0, 0.05) is 19.0 Å². The lowest BCUT2D eigenvalue weighted by molar-refractivity contribution is -0.129. The summed E-state index contributed by atoms with van der Waals surface area (Å²) in [5, 5.41) is 2.68. The van der Waals surface area contributed by atoms with E-state index in [1.807, 2.05) is 36.6 Å². The molecule has 0 spiro atoms. The zero-order chi connectivity index (χ0) is 21.5. The van der Waals surface area contributed by atoms with Gasteiger partial charge in [0.15, 0.2) is 0 Å². The predicted molar refractivity (Wildman–Crippen MR) is 112 cm³/mol. The van der Waals surface area contributed by atoms with E-state index < -0.39 is 6.61 Å². The molecule has 0 radical (unpaired) electrons. The number of hydrogen-bond acceptors (Lipinski definition) is 5. The quantitative estimate of drug-likeness (QED) is 0.477. The summed E-state index contributed by atoms with van der Waals surface area (Å²) < 4.78 is 34.4. The Balaban J connectivity index is 1.61. The minimum Gasteiger partial charge on any atom is -0.493 e. The minimum absolute atomic E-state index is 0.0853. The number of rotatable bonds is 9. The Morgan fingerprint density at radius 2 is 1.90 bits per heavy atom. The number of para-hydroxylation sites is 1. The standard InChI is InChI=1S/C22H22F2N2O3S/c1-3-28-19-7-5-4-6-18(19)21-25-16(14-30-21)12-20(27)26(2)13-15-8-10-17(11-9-15)29-22(23)24/h4-11,14,22H,3,12-13H2,1-2H3. The van der Waals surface area contributed by atoms with Gasteiger partial charge < -0.3 is 14.4 Å². The van der Waals surface area contributed by atoms with Gasteiger partial charge in [0.05, 0.1) is 24.3 Å². The number of likely N-dealkylation sites (N-methyl/N-ethyl adjacent to an activating group) is 1. The van der Waals surface area contributed by atoms with Gasteiger partial charge in [-0.05, 0) is 36.8 Å². The van der Waals surface area contributed by atoms with Gasteiger partial charge in [-0.3, -0.25) is 4.79 Å². The van der Waals surface area contributed by atoms with Crippen LogP contribution in [0.3, 0.4) is 0 Å². The van der Waals surface area contributed by atoms with Crippen LogP contribution in [-0.4, -0.2) is 36.1 Å². The van der Waals surface area contributed by atoms with Crippen molar-refractivity contribution in [2.75, 3.05) is 13.7 Å². The van der Waals surface area contributed by atoms with Crippen molar-refractivity contribution in [3.8, 4) is 22.1 Å². The summed E-state index contributed by atoms with van der Waals surface area (Å²) in [6.07, 6.45) is 0.177. The van der Waals surface area contributed by atoms with Gasteiger partial charge in [0.25, 0.3) is 0 Å². The number of carbonyl (C=O) groups is 1. The van der Waals surface area contributed by atoms with E-state index >= 15 is 0 Å². The first-order valence-corrected chi connectivity index (χ1v) is 10.3. The third kappa shape index (κ3) is 5.76. The number of benzene rings is 2. The normalized spacial score (nSPS) is 10.8. The Morgan fingerprint density at radius 3 is 2.60 bits per heavy atom. The van der Waals surface area contributed by atoms with Crippen LogP contribution in [0.4, 0.5) is 8.78 Å². The molecule has 0 aliphatic heterocycles. The van der Waals surface area contributed by atoms with Gasteiger partial charge >= 0.3 is 6.61 Å². The van der Waals surface area contributed by atoms with Gasteiger partial charge in [-0.25, -0.2) is 4.98 Å². The van der Waals surface area contributed by atoms with Crippen LogP contribution in [0.15, 0.2) is 53.9 Å². The third-order valence-corrected chi connectivity index (χ3v) is 5.22. The van der Waals surface area contributed by atoms with E-state index in [0.717, 1.165) is 21.9 Å². The van der Waals surface area contributed by atoms with Crippen molar-refractivity contribution in [2.45, 2.75) is 26.5 Å². The number of alkyl halides is 2. The number of thiazole rings is 1. The van der Waals surface area contributed by atoms with Crippen LogP contribution in [0.25, 0.3) is 10.6 Å². The minimum atomic E-state index is -2.86. The van der Waals surface area contributed by atoms with E-state index in [-0.39, 0.29) is 18.1 Å². The van der Waals surface area contributed by atoms with E-state index in [1.54, 1.807) is 24.1 Å². The summed E-state index contributed by atoms with van der Waals surface area (Å²) in [6, 6.07) is 13.9. The van der Waals surface area contributed by atoms with Crippen LogP contribution in [0.1, 0.15) is 18.2 Å². The molecule has 2 aromatic carbocycles. The van der Waals surface area contributed by atoms with Gasteiger partial charge in [0.2, 0.25) is 5.91 Å². The highest BCUT2D eigenvalue weighted by Gasteiger charge is 2.15.